The predicted molar refractivity (Wildman–Crippen MR) is 119 cm³/mol. The largest absolute Gasteiger partial charge is 0.481 e. The standard InChI is InChI=1S/C19H22Cl2N4O5S/c1-8(24-7-25(2)23)31-15-12-13(17(26)27)14(12)19(22,18(28)29)16(15)30-6-9-3-4-10(20)11(21)5-9/h3-5,7,12-16H,1,6,22-23H2,2H3,(H,26,27)(H,28,29)/b24-7-/t12-,13-,14-,15-,16+,19+/m0/s1. The summed E-state index contributed by atoms with van der Waals surface area (Å²) >= 11 is 13.1. The van der Waals surface area contributed by atoms with Gasteiger partial charge in [-0.05, 0) is 23.6 Å². The van der Waals surface area contributed by atoms with Crippen LogP contribution in [0.1, 0.15) is 5.56 Å². The number of carbonyl (C=O) groups is 2. The number of carboxylic acid groups (broad SMARTS) is 2. The van der Waals surface area contributed by atoms with E-state index >= 15 is 0 Å². The van der Waals surface area contributed by atoms with Crippen molar-refractivity contribution in [2.75, 3.05) is 7.05 Å². The van der Waals surface area contributed by atoms with Gasteiger partial charge in [0.2, 0.25) is 0 Å². The lowest BCUT2D eigenvalue weighted by Crippen LogP contribution is -2.61. The van der Waals surface area contributed by atoms with Gasteiger partial charge < -0.3 is 25.7 Å². The van der Waals surface area contributed by atoms with Crippen LogP contribution in [0.3, 0.4) is 0 Å². The van der Waals surface area contributed by atoms with Crippen molar-refractivity contribution in [2.45, 2.75) is 23.5 Å². The summed E-state index contributed by atoms with van der Waals surface area (Å²) in [5.41, 5.74) is 5.11. The van der Waals surface area contributed by atoms with Crippen molar-refractivity contribution in [3.8, 4) is 0 Å². The topological polar surface area (TPSA) is 151 Å². The summed E-state index contributed by atoms with van der Waals surface area (Å²) in [7, 11) is 1.58. The molecule has 31 heavy (non-hydrogen) atoms. The first-order chi connectivity index (χ1) is 14.5. The number of carboxylic acids is 2. The molecule has 0 amide bonds. The summed E-state index contributed by atoms with van der Waals surface area (Å²) < 4.78 is 5.98. The first-order valence-corrected chi connectivity index (χ1v) is 10.8. The summed E-state index contributed by atoms with van der Waals surface area (Å²) in [6.07, 6.45) is 0.347. The number of aliphatic carboxylic acids is 2. The molecule has 2 fully saturated rings. The van der Waals surface area contributed by atoms with E-state index in [1.807, 2.05) is 0 Å². The molecule has 0 spiro atoms. The van der Waals surface area contributed by atoms with E-state index in [0.29, 0.717) is 20.6 Å². The Hall–Kier alpha value is -1.82. The molecule has 9 nitrogen and oxygen atoms in total. The van der Waals surface area contributed by atoms with Crippen molar-refractivity contribution >= 4 is 53.2 Å². The zero-order valence-corrected chi connectivity index (χ0v) is 18.8. The van der Waals surface area contributed by atoms with Gasteiger partial charge in [0.15, 0.2) is 0 Å². The second-order valence-electron chi connectivity index (χ2n) is 7.57. The van der Waals surface area contributed by atoms with Gasteiger partial charge in [-0.1, -0.05) is 35.8 Å². The average Bonchev–Trinajstić information content (AvgIpc) is 3.39. The molecule has 12 heteroatoms. The molecule has 2 aliphatic carbocycles. The van der Waals surface area contributed by atoms with Crippen LogP contribution in [0, 0.1) is 17.8 Å². The van der Waals surface area contributed by atoms with E-state index in [1.54, 1.807) is 25.2 Å². The fourth-order valence-electron chi connectivity index (χ4n) is 4.14. The van der Waals surface area contributed by atoms with Crippen molar-refractivity contribution in [3.63, 3.8) is 0 Å². The van der Waals surface area contributed by atoms with Crippen molar-refractivity contribution in [3.05, 3.63) is 45.4 Å². The molecule has 6 N–H and O–H groups in total. The molecule has 168 valence electrons. The summed E-state index contributed by atoms with van der Waals surface area (Å²) in [6.45, 7) is 3.86. The van der Waals surface area contributed by atoms with Crippen molar-refractivity contribution in [2.24, 2.45) is 34.3 Å². The van der Waals surface area contributed by atoms with Crippen LogP contribution < -0.4 is 11.6 Å². The molecular formula is C19H22Cl2N4O5S. The predicted octanol–water partition coefficient (Wildman–Crippen LogP) is 2.03. The maximum Gasteiger partial charge on any atom is 0.326 e. The van der Waals surface area contributed by atoms with E-state index < -0.39 is 46.6 Å². The molecular weight excluding hydrogens is 467 g/mol. The summed E-state index contributed by atoms with van der Waals surface area (Å²) in [4.78, 5) is 28.0. The zero-order chi connectivity index (χ0) is 23.1. The number of hydrazine groups is 1. The van der Waals surface area contributed by atoms with Crippen LogP contribution in [0.25, 0.3) is 0 Å². The molecule has 0 bridgehead atoms. The van der Waals surface area contributed by atoms with Gasteiger partial charge in [-0.2, -0.15) is 0 Å². The molecule has 0 aromatic heterocycles. The fraction of sp³-hybridized carbons (Fsp3) is 0.421. The van der Waals surface area contributed by atoms with Gasteiger partial charge >= 0.3 is 11.9 Å². The highest BCUT2D eigenvalue weighted by molar-refractivity contribution is 8.03. The fourth-order valence-corrected chi connectivity index (χ4v) is 5.80. The number of halogens is 2. The Kier molecular flexibility index (Phi) is 6.90. The third kappa shape index (κ3) is 4.55. The lowest BCUT2D eigenvalue weighted by Gasteiger charge is -2.34. The third-order valence-electron chi connectivity index (χ3n) is 5.50. The number of thioether (sulfide) groups is 1. The van der Waals surface area contributed by atoms with Gasteiger partial charge in [0.1, 0.15) is 11.9 Å². The minimum Gasteiger partial charge on any atom is -0.481 e. The molecule has 0 heterocycles. The van der Waals surface area contributed by atoms with Gasteiger partial charge in [-0.3, -0.25) is 9.59 Å². The van der Waals surface area contributed by atoms with Crippen LogP contribution in [0.5, 0.6) is 0 Å². The van der Waals surface area contributed by atoms with Gasteiger partial charge in [-0.25, -0.2) is 10.8 Å². The molecule has 0 radical (unpaired) electrons. The third-order valence-corrected chi connectivity index (χ3v) is 7.45. The van der Waals surface area contributed by atoms with E-state index in [0.717, 1.165) is 11.8 Å². The SMILES string of the molecule is C=C(/N=C\N(C)N)S[C@H]1[C@H]2[C@H](C(=O)O)[C@H]2[C@](N)(C(=O)O)[C@@H]1OCc1ccc(Cl)c(Cl)c1. The Balaban J connectivity index is 1.87. The van der Waals surface area contributed by atoms with Crippen LogP contribution in [0.4, 0.5) is 0 Å². The molecule has 6 atom stereocenters. The highest BCUT2D eigenvalue weighted by atomic mass is 35.5. The number of nitrogens with two attached hydrogens (primary N) is 2. The molecule has 0 aliphatic heterocycles. The molecule has 1 aromatic rings. The van der Waals surface area contributed by atoms with Crippen LogP contribution in [-0.2, 0) is 20.9 Å². The number of rotatable bonds is 9. The summed E-state index contributed by atoms with van der Waals surface area (Å²) in [5, 5.41) is 21.2. The minimum atomic E-state index is -1.88. The molecule has 0 saturated heterocycles. The number of hydrogen-bond acceptors (Lipinski definition) is 7. The lowest BCUT2D eigenvalue weighted by molar-refractivity contribution is -0.152. The first-order valence-electron chi connectivity index (χ1n) is 9.16. The Labute approximate surface area is 193 Å². The Morgan fingerprint density at radius 3 is 2.61 bits per heavy atom. The maximum absolute atomic E-state index is 12.2. The van der Waals surface area contributed by atoms with Gasteiger partial charge in [0.05, 0.1) is 33.7 Å². The van der Waals surface area contributed by atoms with E-state index in [1.165, 1.54) is 11.3 Å². The van der Waals surface area contributed by atoms with Crippen molar-refractivity contribution in [1.29, 1.82) is 0 Å². The lowest BCUT2D eigenvalue weighted by atomic mass is 9.88. The minimum absolute atomic E-state index is 0.0172. The van der Waals surface area contributed by atoms with Gasteiger partial charge in [0.25, 0.3) is 0 Å². The summed E-state index contributed by atoms with van der Waals surface area (Å²) in [5.74, 6) is 0.958. The van der Waals surface area contributed by atoms with Gasteiger partial charge in [0, 0.05) is 18.2 Å². The van der Waals surface area contributed by atoms with Crippen LogP contribution in [-0.4, -0.2) is 57.4 Å². The zero-order valence-electron chi connectivity index (χ0n) is 16.4. The first kappa shape index (κ1) is 23.8. The second kappa shape index (κ2) is 8.97. The number of fused-ring (bicyclic) bond motifs is 1. The Morgan fingerprint density at radius 2 is 2.06 bits per heavy atom. The van der Waals surface area contributed by atoms with Crippen molar-refractivity contribution in [1.82, 2.24) is 5.01 Å². The highest BCUT2D eigenvalue weighted by Crippen LogP contribution is 2.66. The van der Waals surface area contributed by atoms with E-state index in [-0.39, 0.29) is 6.61 Å². The Bertz CT molecular complexity index is 946. The number of benzene rings is 1. The second-order valence-corrected chi connectivity index (χ2v) is 9.64. The summed E-state index contributed by atoms with van der Waals surface area (Å²) in [6, 6.07) is 4.92. The molecule has 1 aromatic carbocycles. The number of ether oxygens (including phenoxy) is 1. The number of nitrogens with zero attached hydrogens (tertiary/aromatic N) is 2. The normalized spacial score (nSPS) is 31.5. The van der Waals surface area contributed by atoms with Crippen LogP contribution in [0.15, 0.2) is 34.8 Å². The molecule has 2 saturated carbocycles. The average molecular weight is 489 g/mol. The monoisotopic (exact) mass is 488 g/mol. The molecule has 3 rings (SSSR count). The van der Waals surface area contributed by atoms with Crippen LogP contribution >= 0.6 is 35.0 Å². The molecule has 2 aliphatic rings. The Morgan fingerprint density at radius 1 is 1.39 bits per heavy atom. The smallest absolute Gasteiger partial charge is 0.326 e. The highest BCUT2D eigenvalue weighted by Gasteiger charge is 2.78. The van der Waals surface area contributed by atoms with E-state index in [9.17, 15) is 19.8 Å². The van der Waals surface area contributed by atoms with Crippen molar-refractivity contribution < 1.29 is 24.5 Å². The van der Waals surface area contributed by atoms with Crippen LogP contribution in [0.2, 0.25) is 10.0 Å². The molecule has 0 unspecified atom stereocenters. The van der Waals surface area contributed by atoms with Gasteiger partial charge in [-0.15, -0.1) is 11.8 Å². The number of hydrogen-bond donors (Lipinski definition) is 4. The number of aliphatic imine (C=N–C) groups is 1. The van der Waals surface area contributed by atoms with E-state index in [4.69, 9.17) is 39.5 Å². The quantitative estimate of drug-likeness (QED) is 0.177. The van der Waals surface area contributed by atoms with E-state index in [2.05, 4.69) is 11.6 Å². The maximum atomic E-state index is 12.2.